The van der Waals surface area contributed by atoms with E-state index in [9.17, 15) is 9.18 Å². The van der Waals surface area contributed by atoms with Gasteiger partial charge in [0.1, 0.15) is 11.5 Å². The second-order valence-corrected chi connectivity index (χ2v) is 5.88. The summed E-state index contributed by atoms with van der Waals surface area (Å²) in [6, 6.07) is 12.8. The van der Waals surface area contributed by atoms with Gasteiger partial charge in [0.15, 0.2) is 11.5 Å². The van der Waals surface area contributed by atoms with Crippen LogP contribution in [0.4, 0.5) is 4.39 Å². The molecule has 0 aliphatic rings. The van der Waals surface area contributed by atoms with E-state index < -0.39 is 5.91 Å². The minimum absolute atomic E-state index is 0.239. The van der Waals surface area contributed by atoms with Crippen LogP contribution in [0.25, 0.3) is 11.3 Å². The standard InChI is InChI=1S/C20H19FN4O3/c1-12(14-6-9-18(27-2)19(10-14)28-3)22-25-20(26)17-11-16(23-24-17)13-4-7-15(21)8-5-13/h4-11H,1-3H3,(H,23,24)(H,25,26)/b22-12+. The summed E-state index contributed by atoms with van der Waals surface area (Å²) in [7, 11) is 3.11. The summed E-state index contributed by atoms with van der Waals surface area (Å²) >= 11 is 0. The van der Waals surface area contributed by atoms with Crippen molar-refractivity contribution < 1.29 is 18.7 Å². The summed E-state index contributed by atoms with van der Waals surface area (Å²) < 4.78 is 23.5. The van der Waals surface area contributed by atoms with Crippen molar-refractivity contribution >= 4 is 11.6 Å². The molecule has 1 aromatic heterocycles. The van der Waals surface area contributed by atoms with E-state index in [1.807, 2.05) is 6.07 Å². The first-order valence-corrected chi connectivity index (χ1v) is 8.40. The molecule has 0 saturated carbocycles. The number of aromatic amines is 1. The highest BCUT2D eigenvalue weighted by Gasteiger charge is 2.12. The zero-order valence-electron chi connectivity index (χ0n) is 15.6. The van der Waals surface area contributed by atoms with E-state index in [4.69, 9.17) is 9.47 Å². The number of nitrogens with zero attached hydrogens (tertiary/aromatic N) is 2. The molecule has 7 nitrogen and oxygen atoms in total. The normalized spacial score (nSPS) is 11.2. The Morgan fingerprint density at radius 2 is 1.79 bits per heavy atom. The fraction of sp³-hybridized carbons (Fsp3) is 0.150. The van der Waals surface area contributed by atoms with E-state index in [0.29, 0.717) is 28.5 Å². The number of ether oxygens (including phenoxy) is 2. The summed E-state index contributed by atoms with van der Waals surface area (Å²) in [5, 5.41) is 10.8. The Kier molecular flexibility index (Phi) is 5.69. The van der Waals surface area contributed by atoms with Gasteiger partial charge in [-0.05, 0) is 55.5 Å². The lowest BCUT2D eigenvalue weighted by Gasteiger charge is -2.09. The molecule has 0 saturated heterocycles. The minimum Gasteiger partial charge on any atom is -0.493 e. The third-order valence-corrected chi connectivity index (χ3v) is 4.09. The molecule has 0 fully saturated rings. The maximum Gasteiger partial charge on any atom is 0.289 e. The lowest BCUT2D eigenvalue weighted by molar-refractivity contribution is 0.0950. The molecule has 3 aromatic rings. The largest absolute Gasteiger partial charge is 0.493 e. The van der Waals surface area contributed by atoms with Crippen molar-refractivity contribution in [3.05, 3.63) is 65.6 Å². The van der Waals surface area contributed by atoms with Crippen LogP contribution in [0.2, 0.25) is 0 Å². The molecule has 0 atom stereocenters. The average molecular weight is 382 g/mol. The average Bonchev–Trinajstić information content (AvgIpc) is 3.22. The third-order valence-electron chi connectivity index (χ3n) is 4.09. The van der Waals surface area contributed by atoms with Crippen molar-refractivity contribution in [2.75, 3.05) is 14.2 Å². The second kappa shape index (κ2) is 8.34. The molecule has 0 radical (unpaired) electrons. The molecule has 1 heterocycles. The maximum atomic E-state index is 13.0. The van der Waals surface area contributed by atoms with Crippen LogP contribution < -0.4 is 14.9 Å². The number of H-pyrrole nitrogens is 1. The Morgan fingerprint density at radius 3 is 2.46 bits per heavy atom. The monoisotopic (exact) mass is 382 g/mol. The minimum atomic E-state index is -0.444. The second-order valence-electron chi connectivity index (χ2n) is 5.88. The van der Waals surface area contributed by atoms with Crippen molar-refractivity contribution in [3.63, 3.8) is 0 Å². The Bertz CT molecular complexity index is 1010. The number of carbonyl (C=O) groups is 1. The predicted octanol–water partition coefficient (Wildman–Crippen LogP) is 3.39. The first-order chi connectivity index (χ1) is 13.5. The topological polar surface area (TPSA) is 88.6 Å². The zero-order valence-corrected chi connectivity index (χ0v) is 15.6. The van der Waals surface area contributed by atoms with Crippen LogP contribution in [-0.4, -0.2) is 36.0 Å². The lowest BCUT2D eigenvalue weighted by Crippen LogP contribution is -2.19. The van der Waals surface area contributed by atoms with Gasteiger partial charge in [-0.2, -0.15) is 10.2 Å². The van der Waals surface area contributed by atoms with Crippen LogP contribution in [0.15, 0.2) is 53.6 Å². The van der Waals surface area contributed by atoms with E-state index in [1.54, 1.807) is 51.5 Å². The van der Waals surface area contributed by atoms with Gasteiger partial charge in [-0.1, -0.05) is 0 Å². The molecule has 0 unspecified atom stereocenters. The van der Waals surface area contributed by atoms with Gasteiger partial charge in [-0.25, -0.2) is 9.82 Å². The highest BCUT2D eigenvalue weighted by Crippen LogP contribution is 2.27. The van der Waals surface area contributed by atoms with Crippen LogP contribution in [-0.2, 0) is 0 Å². The first-order valence-electron chi connectivity index (χ1n) is 8.40. The maximum absolute atomic E-state index is 13.0. The summed E-state index contributed by atoms with van der Waals surface area (Å²) in [5.41, 5.74) is 5.31. The number of hydrazone groups is 1. The summed E-state index contributed by atoms with van der Waals surface area (Å²) in [6.07, 6.45) is 0. The third kappa shape index (κ3) is 4.17. The molecule has 144 valence electrons. The number of amides is 1. The van der Waals surface area contributed by atoms with Crippen LogP contribution >= 0.6 is 0 Å². The number of nitrogens with one attached hydrogen (secondary N) is 2. The van der Waals surface area contributed by atoms with Crippen molar-refractivity contribution in [3.8, 4) is 22.8 Å². The summed E-state index contributed by atoms with van der Waals surface area (Å²) in [4.78, 5) is 12.3. The zero-order chi connectivity index (χ0) is 20.1. The molecule has 1 amide bonds. The Labute approximate surface area is 161 Å². The fourth-order valence-electron chi connectivity index (χ4n) is 2.53. The smallest absolute Gasteiger partial charge is 0.289 e. The Morgan fingerprint density at radius 1 is 1.07 bits per heavy atom. The van der Waals surface area contributed by atoms with Crippen LogP contribution in [0, 0.1) is 5.82 Å². The van der Waals surface area contributed by atoms with Crippen LogP contribution in [0.1, 0.15) is 23.0 Å². The van der Waals surface area contributed by atoms with Gasteiger partial charge >= 0.3 is 0 Å². The molecular weight excluding hydrogens is 363 g/mol. The number of rotatable bonds is 6. The van der Waals surface area contributed by atoms with Crippen molar-refractivity contribution in [1.82, 2.24) is 15.6 Å². The number of methoxy groups -OCH3 is 2. The van der Waals surface area contributed by atoms with Gasteiger partial charge in [-0.15, -0.1) is 0 Å². The van der Waals surface area contributed by atoms with E-state index in [2.05, 4.69) is 20.7 Å². The van der Waals surface area contributed by atoms with E-state index >= 15 is 0 Å². The molecule has 0 bridgehead atoms. The van der Waals surface area contributed by atoms with E-state index in [-0.39, 0.29) is 11.5 Å². The van der Waals surface area contributed by atoms with E-state index in [0.717, 1.165) is 5.56 Å². The van der Waals surface area contributed by atoms with Crippen molar-refractivity contribution in [2.24, 2.45) is 5.10 Å². The number of aromatic nitrogens is 2. The van der Waals surface area contributed by atoms with Crippen molar-refractivity contribution in [1.29, 1.82) is 0 Å². The molecular formula is C20H19FN4O3. The lowest BCUT2D eigenvalue weighted by atomic mass is 10.1. The Balaban J connectivity index is 1.72. The van der Waals surface area contributed by atoms with Gasteiger partial charge in [0.05, 0.1) is 25.6 Å². The summed E-state index contributed by atoms with van der Waals surface area (Å²) in [5.74, 6) is 0.394. The molecule has 8 heteroatoms. The molecule has 0 aliphatic heterocycles. The van der Waals surface area contributed by atoms with Crippen molar-refractivity contribution in [2.45, 2.75) is 6.92 Å². The highest BCUT2D eigenvalue weighted by atomic mass is 19.1. The number of carbonyl (C=O) groups excluding carboxylic acids is 1. The van der Waals surface area contributed by atoms with Crippen LogP contribution in [0.5, 0.6) is 11.5 Å². The number of halogens is 1. The molecule has 2 N–H and O–H groups in total. The van der Waals surface area contributed by atoms with Gasteiger partial charge in [-0.3, -0.25) is 9.89 Å². The van der Waals surface area contributed by atoms with Gasteiger partial charge in [0, 0.05) is 11.1 Å². The highest BCUT2D eigenvalue weighted by molar-refractivity contribution is 6.01. The van der Waals surface area contributed by atoms with E-state index in [1.165, 1.54) is 12.1 Å². The number of hydrogen-bond acceptors (Lipinski definition) is 5. The Hall–Kier alpha value is -3.68. The molecule has 28 heavy (non-hydrogen) atoms. The first kappa shape index (κ1) is 19.1. The number of hydrogen-bond donors (Lipinski definition) is 2. The molecule has 0 spiro atoms. The fourth-order valence-corrected chi connectivity index (χ4v) is 2.53. The quantitative estimate of drug-likeness (QED) is 0.505. The molecule has 3 rings (SSSR count). The SMILES string of the molecule is COc1ccc(/C(C)=N/NC(=O)c2cc(-c3ccc(F)cc3)n[nH]2)cc1OC. The van der Waals surface area contributed by atoms with Gasteiger partial charge in [0.25, 0.3) is 5.91 Å². The molecule has 0 aliphatic carbocycles. The predicted molar refractivity (Wildman–Crippen MR) is 103 cm³/mol. The number of benzene rings is 2. The summed E-state index contributed by atoms with van der Waals surface area (Å²) in [6.45, 7) is 1.76. The molecule has 2 aromatic carbocycles. The van der Waals surface area contributed by atoms with Crippen LogP contribution in [0.3, 0.4) is 0 Å². The van der Waals surface area contributed by atoms with Gasteiger partial charge in [0.2, 0.25) is 0 Å². The van der Waals surface area contributed by atoms with Gasteiger partial charge < -0.3 is 9.47 Å².